The Morgan fingerprint density at radius 2 is 2.03 bits per heavy atom. The van der Waals surface area contributed by atoms with E-state index in [1.807, 2.05) is 36.6 Å². The Labute approximate surface area is 206 Å². The summed E-state index contributed by atoms with van der Waals surface area (Å²) in [4.78, 5) is 27.1. The van der Waals surface area contributed by atoms with E-state index in [9.17, 15) is 9.59 Å². The van der Waals surface area contributed by atoms with Crippen molar-refractivity contribution in [2.45, 2.75) is 57.7 Å². The Balaban J connectivity index is 1.38. The molecule has 1 atom stereocenters. The topological polar surface area (TPSA) is 89.3 Å². The molecule has 0 aliphatic carbocycles. The lowest BCUT2D eigenvalue weighted by Crippen LogP contribution is -2.45. The molecule has 186 valence electrons. The standard InChI is InChI=1S/C25H37N5O3S/c1-19(2)17-30-22(27-28-25(30)34-3)12-7-14-26-24(32)20-9-8-15-29(18-20)23(31)13-16-33-21-10-5-4-6-11-21/h4-6,10-11,19-20H,7-9,12-18H2,1-3H3,(H,26,32). The molecule has 9 heteroatoms. The molecule has 0 spiro atoms. The minimum absolute atomic E-state index is 0.0338. The number of nitrogens with one attached hydrogen (secondary N) is 1. The molecule has 0 bridgehead atoms. The molecular weight excluding hydrogens is 450 g/mol. The van der Waals surface area contributed by atoms with Gasteiger partial charge in [0.15, 0.2) is 5.16 Å². The van der Waals surface area contributed by atoms with Crippen LogP contribution in [0, 0.1) is 11.8 Å². The van der Waals surface area contributed by atoms with Gasteiger partial charge in [-0.05, 0) is 43.6 Å². The molecule has 1 saturated heterocycles. The average molecular weight is 488 g/mol. The Morgan fingerprint density at radius 3 is 2.76 bits per heavy atom. The number of rotatable bonds is 12. The molecule has 0 radical (unpaired) electrons. The van der Waals surface area contributed by atoms with Gasteiger partial charge in [-0.2, -0.15) is 0 Å². The average Bonchev–Trinajstić information content (AvgIpc) is 3.23. The number of para-hydroxylation sites is 1. The number of ether oxygens (including phenoxy) is 1. The summed E-state index contributed by atoms with van der Waals surface area (Å²) >= 11 is 1.61. The number of benzene rings is 1. The third kappa shape index (κ3) is 7.75. The number of amides is 2. The van der Waals surface area contributed by atoms with Crippen LogP contribution in [0.25, 0.3) is 0 Å². The van der Waals surface area contributed by atoms with Gasteiger partial charge in [-0.15, -0.1) is 10.2 Å². The molecule has 3 rings (SSSR count). The molecule has 1 fully saturated rings. The maximum atomic E-state index is 12.7. The summed E-state index contributed by atoms with van der Waals surface area (Å²) in [5.41, 5.74) is 0. The lowest BCUT2D eigenvalue weighted by atomic mass is 9.97. The normalized spacial score (nSPS) is 16.0. The third-order valence-electron chi connectivity index (χ3n) is 5.87. The smallest absolute Gasteiger partial charge is 0.226 e. The molecule has 1 aliphatic heterocycles. The number of hydrogen-bond acceptors (Lipinski definition) is 6. The van der Waals surface area contributed by atoms with E-state index in [0.717, 1.165) is 49.0 Å². The minimum atomic E-state index is -0.152. The molecule has 1 N–H and O–H groups in total. The molecule has 2 heterocycles. The third-order valence-corrected chi connectivity index (χ3v) is 6.54. The van der Waals surface area contributed by atoms with Crippen LogP contribution in [0.4, 0.5) is 0 Å². The van der Waals surface area contributed by atoms with Crippen molar-refractivity contribution in [3.63, 3.8) is 0 Å². The number of carbonyl (C=O) groups excluding carboxylic acids is 2. The summed E-state index contributed by atoms with van der Waals surface area (Å²) in [6.45, 7) is 7.39. The maximum absolute atomic E-state index is 12.7. The summed E-state index contributed by atoms with van der Waals surface area (Å²) in [6, 6.07) is 9.49. The molecule has 1 aliphatic rings. The number of hydrogen-bond donors (Lipinski definition) is 1. The van der Waals surface area contributed by atoms with E-state index in [2.05, 4.69) is 33.9 Å². The van der Waals surface area contributed by atoms with Crippen LogP contribution >= 0.6 is 11.8 Å². The monoisotopic (exact) mass is 487 g/mol. The van der Waals surface area contributed by atoms with E-state index >= 15 is 0 Å². The van der Waals surface area contributed by atoms with Crippen LogP contribution in [0.1, 0.15) is 45.4 Å². The Morgan fingerprint density at radius 1 is 1.24 bits per heavy atom. The lowest BCUT2D eigenvalue weighted by molar-refractivity contribution is -0.136. The van der Waals surface area contributed by atoms with E-state index in [4.69, 9.17) is 4.74 Å². The van der Waals surface area contributed by atoms with Gasteiger partial charge >= 0.3 is 0 Å². The van der Waals surface area contributed by atoms with Gasteiger partial charge in [-0.1, -0.05) is 43.8 Å². The zero-order valence-corrected chi connectivity index (χ0v) is 21.4. The summed E-state index contributed by atoms with van der Waals surface area (Å²) in [5.74, 6) is 2.18. The minimum Gasteiger partial charge on any atom is -0.493 e. The van der Waals surface area contributed by atoms with Gasteiger partial charge < -0.3 is 19.5 Å². The Kier molecular flexibility index (Phi) is 10.2. The second-order valence-corrected chi connectivity index (χ2v) is 9.87. The molecule has 1 unspecified atom stereocenters. The van der Waals surface area contributed by atoms with Crippen LogP contribution in [0.2, 0.25) is 0 Å². The summed E-state index contributed by atoms with van der Waals surface area (Å²) in [6.07, 6.45) is 5.58. The quantitative estimate of drug-likeness (QED) is 0.365. The van der Waals surface area contributed by atoms with E-state index in [1.165, 1.54) is 0 Å². The highest BCUT2D eigenvalue weighted by atomic mass is 32.2. The van der Waals surface area contributed by atoms with Crippen molar-refractivity contribution >= 4 is 23.6 Å². The fourth-order valence-corrected chi connectivity index (χ4v) is 4.68. The highest BCUT2D eigenvalue weighted by molar-refractivity contribution is 7.98. The lowest BCUT2D eigenvalue weighted by Gasteiger charge is -2.32. The van der Waals surface area contributed by atoms with Crippen LogP contribution in [0.5, 0.6) is 5.75 Å². The molecule has 34 heavy (non-hydrogen) atoms. The van der Waals surface area contributed by atoms with Crippen molar-refractivity contribution in [2.75, 3.05) is 32.5 Å². The maximum Gasteiger partial charge on any atom is 0.226 e. The summed E-state index contributed by atoms with van der Waals surface area (Å²) in [7, 11) is 0. The molecule has 2 aromatic rings. The van der Waals surface area contributed by atoms with Crippen LogP contribution < -0.4 is 10.1 Å². The van der Waals surface area contributed by atoms with Gasteiger partial charge in [0, 0.05) is 32.6 Å². The largest absolute Gasteiger partial charge is 0.493 e. The van der Waals surface area contributed by atoms with E-state index in [0.29, 0.717) is 38.6 Å². The predicted molar refractivity (Wildman–Crippen MR) is 134 cm³/mol. The number of likely N-dealkylation sites (tertiary alicyclic amines) is 1. The second kappa shape index (κ2) is 13.4. The van der Waals surface area contributed by atoms with E-state index in [1.54, 1.807) is 16.7 Å². The molecule has 2 amide bonds. The zero-order chi connectivity index (χ0) is 24.3. The van der Waals surface area contributed by atoms with Crippen LogP contribution in [-0.4, -0.2) is 64.0 Å². The van der Waals surface area contributed by atoms with Gasteiger partial charge in [-0.3, -0.25) is 9.59 Å². The van der Waals surface area contributed by atoms with Crippen molar-refractivity contribution in [2.24, 2.45) is 11.8 Å². The first-order valence-electron chi connectivity index (χ1n) is 12.2. The highest BCUT2D eigenvalue weighted by Gasteiger charge is 2.28. The summed E-state index contributed by atoms with van der Waals surface area (Å²) in [5, 5.41) is 12.6. The molecular formula is C25H37N5O3S. The van der Waals surface area contributed by atoms with Crippen LogP contribution in [-0.2, 0) is 22.6 Å². The van der Waals surface area contributed by atoms with Gasteiger partial charge in [0.05, 0.1) is 18.9 Å². The fourth-order valence-electron chi connectivity index (χ4n) is 4.15. The number of carbonyl (C=O) groups is 2. The predicted octanol–water partition coefficient (Wildman–Crippen LogP) is 3.41. The molecule has 1 aromatic carbocycles. The van der Waals surface area contributed by atoms with Crippen molar-refractivity contribution in [3.8, 4) is 5.75 Å². The van der Waals surface area contributed by atoms with Gasteiger partial charge in [0.1, 0.15) is 11.6 Å². The van der Waals surface area contributed by atoms with E-state index < -0.39 is 0 Å². The van der Waals surface area contributed by atoms with Crippen molar-refractivity contribution < 1.29 is 14.3 Å². The fraction of sp³-hybridized carbons (Fsp3) is 0.600. The van der Waals surface area contributed by atoms with Crippen molar-refractivity contribution in [1.29, 1.82) is 0 Å². The first-order valence-corrected chi connectivity index (χ1v) is 13.4. The summed E-state index contributed by atoms with van der Waals surface area (Å²) < 4.78 is 7.83. The van der Waals surface area contributed by atoms with Crippen LogP contribution in [0.15, 0.2) is 35.5 Å². The first-order chi connectivity index (χ1) is 16.5. The van der Waals surface area contributed by atoms with Crippen molar-refractivity contribution in [3.05, 3.63) is 36.2 Å². The SMILES string of the molecule is CSc1nnc(CCCNC(=O)C2CCCN(C(=O)CCOc3ccccc3)C2)n1CC(C)C. The number of nitrogens with zero attached hydrogens (tertiary/aromatic N) is 4. The van der Waals surface area contributed by atoms with Gasteiger partial charge in [-0.25, -0.2) is 0 Å². The molecule has 8 nitrogen and oxygen atoms in total. The van der Waals surface area contributed by atoms with Gasteiger partial charge in [0.2, 0.25) is 11.8 Å². The van der Waals surface area contributed by atoms with Gasteiger partial charge in [0.25, 0.3) is 0 Å². The zero-order valence-electron chi connectivity index (χ0n) is 20.5. The second-order valence-electron chi connectivity index (χ2n) is 9.09. The van der Waals surface area contributed by atoms with E-state index in [-0.39, 0.29) is 17.7 Å². The van der Waals surface area contributed by atoms with Crippen LogP contribution in [0.3, 0.4) is 0 Å². The number of thioether (sulfide) groups is 1. The van der Waals surface area contributed by atoms with Crippen molar-refractivity contribution in [1.82, 2.24) is 25.0 Å². The molecule has 0 saturated carbocycles. The highest BCUT2D eigenvalue weighted by Crippen LogP contribution is 2.19. The number of piperidine rings is 1. The number of aromatic nitrogens is 3. The number of aryl methyl sites for hydroxylation is 1. The Hall–Kier alpha value is -2.55. The molecule has 1 aromatic heterocycles. The Bertz CT molecular complexity index is 919. The first kappa shape index (κ1) is 26.1.